The van der Waals surface area contributed by atoms with Crippen LogP contribution in [0, 0.1) is 11.8 Å². The summed E-state index contributed by atoms with van der Waals surface area (Å²) in [5.41, 5.74) is 1.87. The molecule has 0 aliphatic carbocycles. The highest BCUT2D eigenvalue weighted by atomic mass is 35.5. The number of allylic oxidation sites excluding steroid dienone is 2. The second-order valence-corrected chi connectivity index (χ2v) is 8.31. The SMILES string of the molecule is CCOC(=O)C(C)CCC(C/C=C(\C)CCl)C(C)(C)OCOCc1ccccc1. The van der Waals surface area contributed by atoms with Gasteiger partial charge in [-0.15, -0.1) is 11.6 Å². The number of ether oxygens (including phenoxy) is 3. The second kappa shape index (κ2) is 13.8. The molecule has 0 saturated heterocycles. The minimum atomic E-state index is -0.395. The van der Waals surface area contributed by atoms with Gasteiger partial charge in [0.05, 0.1) is 24.7 Å². The molecular formula is C24H37ClO4. The Morgan fingerprint density at radius 3 is 2.52 bits per heavy atom. The number of hydrogen-bond acceptors (Lipinski definition) is 4. The molecule has 0 heterocycles. The van der Waals surface area contributed by atoms with Crippen molar-refractivity contribution in [1.29, 1.82) is 0 Å². The summed E-state index contributed by atoms with van der Waals surface area (Å²) in [6, 6.07) is 10.0. The smallest absolute Gasteiger partial charge is 0.308 e. The maximum absolute atomic E-state index is 12.0. The van der Waals surface area contributed by atoms with Crippen molar-refractivity contribution in [2.75, 3.05) is 19.3 Å². The molecule has 4 nitrogen and oxygen atoms in total. The molecule has 0 aromatic heterocycles. The van der Waals surface area contributed by atoms with Gasteiger partial charge in [-0.05, 0) is 58.4 Å². The van der Waals surface area contributed by atoms with E-state index in [2.05, 4.69) is 19.9 Å². The van der Waals surface area contributed by atoms with E-state index in [4.69, 9.17) is 25.8 Å². The van der Waals surface area contributed by atoms with E-state index in [-0.39, 0.29) is 24.6 Å². The third-order valence-corrected chi connectivity index (χ3v) is 5.63. The van der Waals surface area contributed by atoms with E-state index in [9.17, 15) is 4.79 Å². The Labute approximate surface area is 181 Å². The normalized spacial score (nSPS) is 14.5. The van der Waals surface area contributed by atoms with Gasteiger partial charge in [0.25, 0.3) is 0 Å². The Hall–Kier alpha value is -1.36. The Morgan fingerprint density at radius 2 is 1.90 bits per heavy atom. The van der Waals surface area contributed by atoms with Gasteiger partial charge in [0.1, 0.15) is 6.79 Å². The number of halogens is 1. The summed E-state index contributed by atoms with van der Waals surface area (Å²) < 4.78 is 17.0. The molecule has 1 aromatic carbocycles. The van der Waals surface area contributed by atoms with Crippen molar-refractivity contribution in [3.8, 4) is 0 Å². The molecular weight excluding hydrogens is 388 g/mol. The predicted molar refractivity (Wildman–Crippen MR) is 119 cm³/mol. The van der Waals surface area contributed by atoms with Crippen LogP contribution >= 0.6 is 11.6 Å². The lowest BCUT2D eigenvalue weighted by Crippen LogP contribution is -2.36. The van der Waals surface area contributed by atoms with Gasteiger partial charge >= 0.3 is 5.97 Å². The topological polar surface area (TPSA) is 44.8 Å². The maximum atomic E-state index is 12.0. The van der Waals surface area contributed by atoms with Crippen molar-refractivity contribution in [3.63, 3.8) is 0 Å². The minimum Gasteiger partial charge on any atom is -0.466 e. The third kappa shape index (κ3) is 10.3. The summed E-state index contributed by atoms with van der Waals surface area (Å²) >= 11 is 5.93. The van der Waals surface area contributed by atoms with Crippen LogP contribution < -0.4 is 0 Å². The first-order chi connectivity index (χ1) is 13.8. The number of alkyl halides is 1. The summed E-state index contributed by atoms with van der Waals surface area (Å²) in [5, 5.41) is 0. The lowest BCUT2D eigenvalue weighted by Gasteiger charge is -2.34. The van der Waals surface area contributed by atoms with E-state index in [0.717, 1.165) is 30.4 Å². The van der Waals surface area contributed by atoms with Crippen molar-refractivity contribution >= 4 is 17.6 Å². The first-order valence-electron chi connectivity index (χ1n) is 10.4. The van der Waals surface area contributed by atoms with Crippen LogP contribution in [0.25, 0.3) is 0 Å². The molecule has 0 saturated carbocycles. The van der Waals surface area contributed by atoms with Gasteiger partial charge in [0.2, 0.25) is 0 Å². The van der Waals surface area contributed by atoms with Gasteiger partial charge in [-0.3, -0.25) is 4.79 Å². The van der Waals surface area contributed by atoms with E-state index < -0.39 is 5.60 Å². The van der Waals surface area contributed by atoms with Crippen LogP contribution in [0.5, 0.6) is 0 Å². The summed E-state index contributed by atoms with van der Waals surface area (Å²) in [7, 11) is 0. The monoisotopic (exact) mass is 424 g/mol. The molecule has 0 bridgehead atoms. The van der Waals surface area contributed by atoms with Crippen LogP contribution in [-0.2, 0) is 25.6 Å². The van der Waals surface area contributed by atoms with Crippen LogP contribution in [0.15, 0.2) is 42.0 Å². The number of benzene rings is 1. The summed E-state index contributed by atoms with van der Waals surface area (Å²) in [6.07, 6.45) is 4.63. The number of rotatable bonds is 14. The molecule has 2 atom stereocenters. The van der Waals surface area contributed by atoms with Crippen molar-refractivity contribution < 1.29 is 19.0 Å². The van der Waals surface area contributed by atoms with Crippen molar-refractivity contribution in [3.05, 3.63) is 47.5 Å². The number of carbonyl (C=O) groups excluding carboxylic acids is 1. The van der Waals surface area contributed by atoms with Crippen LogP contribution in [0.1, 0.15) is 59.4 Å². The second-order valence-electron chi connectivity index (χ2n) is 8.05. The van der Waals surface area contributed by atoms with E-state index in [0.29, 0.717) is 19.1 Å². The van der Waals surface area contributed by atoms with Gasteiger partial charge in [-0.2, -0.15) is 0 Å². The molecule has 5 heteroatoms. The Bertz CT molecular complexity index is 613. The maximum Gasteiger partial charge on any atom is 0.308 e. The van der Waals surface area contributed by atoms with Gasteiger partial charge in [0, 0.05) is 5.88 Å². The first kappa shape index (κ1) is 25.7. The average molecular weight is 425 g/mol. The molecule has 0 N–H and O–H groups in total. The molecule has 0 fully saturated rings. The average Bonchev–Trinajstić information content (AvgIpc) is 2.71. The predicted octanol–water partition coefficient (Wildman–Crippen LogP) is 6.13. The minimum absolute atomic E-state index is 0.124. The zero-order valence-electron chi connectivity index (χ0n) is 18.6. The van der Waals surface area contributed by atoms with Crippen molar-refractivity contribution in [2.24, 2.45) is 11.8 Å². The van der Waals surface area contributed by atoms with E-state index in [1.807, 2.05) is 51.1 Å². The molecule has 164 valence electrons. The lowest BCUT2D eigenvalue weighted by atomic mass is 9.82. The third-order valence-electron chi connectivity index (χ3n) is 5.21. The van der Waals surface area contributed by atoms with Gasteiger partial charge < -0.3 is 14.2 Å². The highest BCUT2D eigenvalue weighted by Crippen LogP contribution is 2.31. The Morgan fingerprint density at radius 1 is 1.21 bits per heavy atom. The number of carbonyl (C=O) groups is 1. The molecule has 1 rings (SSSR count). The fourth-order valence-corrected chi connectivity index (χ4v) is 3.16. The van der Waals surface area contributed by atoms with Gasteiger partial charge in [-0.1, -0.05) is 48.9 Å². The standard InChI is InChI=1S/C24H37ClO4/c1-6-28-23(26)20(3)13-15-22(14-12-19(2)16-25)24(4,5)29-18-27-17-21-10-8-7-9-11-21/h7-12,20,22H,6,13-18H2,1-5H3/b19-12+. The van der Waals surface area contributed by atoms with E-state index >= 15 is 0 Å². The van der Waals surface area contributed by atoms with Gasteiger partial charge in [-0.25, -0.2) is 0 Å². The fraction of sp³-hybridized carbons (Fsp3) is 0.625. The summed E-state index contributed by atoms with van der Waals surface area (Å²) in [4.78, 5) is 12.0. The Balaban J connectivity index is 2.63. The number of esters is 1. The number of hydrogen-bond donors (Lipinski definition) is 0. The lowest BCUT2D eigenvalue weighted by molar-refractivity contribution is -0.157. The fourth-order valence-electron chi connectivity index (χ4n) is 3.05. The van der Waals surface area contributed by atoms with Gasteiger partial charge in [0.15, 0.2) is 0 Å². The molecule has 0 aliphatic heterocycles. The largest absolute Gasteiger partial charge is 0.466 e. The molecule has 0 spiro atoms. The van der Waals surface area contributed by atoms with Crippen LogP contribution in [0.3, 0.4) is 0 Å². The van der Waals surface area contributed by atoms with Crippen LogP contribution in [0.2, 0.25) is 0 Å². The Kier molecular flexibility index (Phi) is 12.2. The molecule has 2 unspecified atom stereocenters. The molecule has 0 radical (unpaired) electrons. The van der Waals surface area contributed by atoms with Crippen LogP contribution in [-0.4, -0.2) is 30.9 Å². The summed E-state index contributed by atoms with van der Waals surface area (Å²) in [5.74, 6) is 0.496. The first-order valence-corrected chi connectivity index (χ1v) is 11.0. The van der Waals surface area contributed by atoms with Crippen molar-refractivity contribution in [1.82, 2.24) is 0 Å². The molecule has 1 aromatic rings. The molecule has 0 amide bonds. The van der Waals surface area contributed by atoms with E-state index in [1.54, 1.807) is 0 Å². The summed E-state index contributed by atoms with van der Waals surface area (Å²) in [6.45, 7) is 11.1. The molecule has 0 aliphatic rings. The zero-order chi connectivity index (χ0) is 21.7. The van der Waals surface area contributed by atoms with Crippen LogP contribution in [0.4, 0.5) is 0 Å². The zero-order valence-corrected chi connectivity index (χ0v) is 19.3. The molecule has 29 heavy (non-hydrogen) atoms. The quantitative estimate of drug-likeness (QED) is 0.118. The highest BCUT2D eigenvalue weighted by Gasteiger charge is 2.30. The van der Waals surface area contributed by atoms with Crippen molar-refractivity contribution in [2.45, 2.75) is 66.1 Å². The van der Waals surface area contributed by atoms with E-state index in [1.165, 1.54) is 0 Å². The highest BCUT2D eigenvalue weighted by molar-refractivity contribution is 6.19.